The molecule has 0 unspecified atom stereocenters. The van der Waals surface area contributed by atoms with Gasteiger partial charge in [0.25, 0.3) is 0 Å². The maximum atomic E-state index is 9.86. The fourth-order valence-electron chi connectivity index (χ4n) is 2.68. The Hall–Kier alpha value is -1.90. The van der Waals surface area contributed by atoms with Crippen LogP contribution in [0, 0.1) is 0 Å². The van der Waals surface area contributed by atoms with Crippen LogP contribution in [-0.2, 0) is 12.8 Å². The summed E-state index contributed by atoms with van der Waals surface area (Å²) in [4.78, 5) is 0. The number of aliphatic hydroxyl groups is 2. The minimum Gasteiger partial charge on any atom is -0.390 e. The van der Waals surface area contributed by atoms with Gasteiger partial charge in [-0.3, -0.25) is 0 Å². The standard InChI is InChI=1S/C22H28O2/c1-21(2,23)15-19-11-7-17(8-12-19)5-6-18-9-13-20(14-10-18)16-22(3,4)24/h5-14,23-24H,15-16H2,1-4H3/b6-5+. The summed E-state index contributed by atoms with van der Waals surface area (Å²) in [7, 11) is 0. The molecule has 2 N–H and O–H groups in total. The molecule has 0 atom stereocenters. The molecule has 0 radical (unpaired) electrons. The van der Waals surface area contributed by atoms with E-state index in [1.165, 1.54) is 0 Å². The van der Waals surface area contributed by atoms with Crippen molar-refractivity contribution in [2.24, 2.45) is 0 Å². The lowest BCUT2D eigenvalue weighted by Gasteiger charge is -2.17. The summed E-state index contributed by atoms with van der Waals surface area (Å²) in [6.07, 6.45) is 5.47. The molecule has 24 heavy (non-hydrogen) atoms. The van der Waals surface area contributed by atoms with Crippen molar-refractivity contribution in [3.8, 4) is 0 Å². The molecule has 2 heteroatoms. The molecule has 0 spiro atoms. The van der Waals surface area contributed by atoms with E-state index in [9.17, 15) is 10.2 Å². The maximum Gasteiger partial charge on any atom is 0.0631 e. The highest BCUT2D eigenvalue weighted by molar-refractivity contribution is 5.69. The Morgan fingerprint density at radius 1 is 0.625 bits per heavy atom. The molecular weight excluding hydrogens is 296 g/mol. The van der Waals surface area contributed by atoms with Gasteiger partial charge in [-0.05, 0) is 49.9 Å². The lowest BCUT2D eigenvalue weighted by molar-refractivity contribution is 0.0803. The van der Waals surface area contributed by atoms with Gasteiger partial charge in [0.05, 0.1) is 11.2 Å². The average molecular weight is 324 g/mol. The summed E-state index contributed by atoms with van der Waals surface area (Å²) in [5.41, 5.74) is 3.18. The van der Waals surface area contributed by atoms with Gasteiger partial charge in [0, 0.05) is 12.8 Å². The number of hydrogen-bond donors (Lipinski definition) is 2. The van der Waals surface area contributed by atoms with Crippen molar-refractivity contribution in [3.63, 3.8) is 0 Å². The van der Waals surface area contributed by atoms with Crippen LogP contribution in [0.3, 0.4) is 0 Å². The molecule has 0 bridgehead atoms. The Kier molecular flexibility index (Phi) is 5.63. The Morgan fingerprint density at radius 2 is 0.917 bits per heavy atom. The van der Waals surface area contributed by atoms with Gasteiger partial charge in [-0.1, -0.05) is 60.7 Å². The lowest BCUT2D eigenvalue weighted by atomic mass is 9.97. The zero-order chi connectivity index (χ0) is 17.8. The summed E-state index contributed by atoms with van der Waals surface area (Å²) in [6, 6.07) is 16.5. The van der Waals surface area contributed by atoms with Crippen LogP contribution in [0.5, 0.6) is 0 Å². The third-order valence-electron chi connectivity index (χ3n) is 3.70. The van der Waals surface area contributed by atoms with E-state index in [0.29, 0.717) is 12.8 Å². The Labute approximate surface area is 145 Å². The molecule has 0 saturated carbocycles. The van der Waals surface area contributed by atoms with Gasteiger partial charge in [0.15, 0.2) is 0 Å². The van der Waals surface area contributed by atoms with Gasteiger partial charge in [0.1, 0.15) is 0 Å². The highest BCUT2D eigenvalue weighted by atomic mass is 16.3. The molecule has 2 rings (SSSR count). The molecule has 2 aromatic carbocycles. The summed E-state index contributed by atoms with van der Waals surface area (Å²) in [5, 5.41) is 19.7. The zero-order valence-electron chi connectivity index (χ0n) is 15.1. The van der Waals surface area contributed by atoms with Crippen LogP contribution in [0.1, 0.15) is 49.9 Å². The molecule has 0 aliphatic rings. The second kappa shape index (κ2) is 7.33. The first-order chi connectivity index (χ1) is 11.1. The molecule has 0 fully saturated rings. The van der Waals surface area contributed by atoms with E-state index in [2.05, 4.69) is 60.7 Å². The minimum absolute atomic E-state index is 0.652. The summed E-state index contributed by atoms with van der Waals surface area (Å²) >= 11 is 0. The Bertz CT molecular complexity index is 604. The van der Waals surface area contributed by atoms with Crippen molar-refractivity contribution < 1.29 is 10.2 Å². The lowest BCUT2D eigenvalue weighted by Crippen LogP contribution is -2.21. The third-order valence-corrected chi connectivity index (χ3v) is 3.70. The first-order valence-corrected chi connectivity index (χ1v) is 8.41. The van der Waals surface area contributed by atoms with Gasteiger partial charge >= 0.3 is 0 Å². The van der Waals surface area contributed by atoms with Crippen molar-refractivity contribution in [3.05, 3.63) is 70.8 Å². The SMILES string of the molecule is CC(C)(O)Cc1ccc(/C=C/c2ccc(CC(C)(C)O)cc2)cc1. The van der Waals surface area contributed by atoms with Gasteiger partial charge in [-0.15, -0.1) is 0 Å². The molecule has 0 aliphatic heterocycles. The topological polar surface area (TPSA) is 40.5 Å². The minimum atomic E-state index is -0.678. The number of rotatable bonds is 6. The molecule has 0 aromatic heterocycles. The predicted octanol–water partition coefficient (Wildman–Crippen LogP) is 4.48. The maximum absolute atomic E-state index is 9.86. The van der Waals surface area contributed by atoms with Crippen LogP contribution < -0.4 is 0 Å². The molecule has 0 saturated heterocycles. The van der Waals surface area contributed by atoms with Crippen LogP contribution in [-0.4, -0.2) is 21.4 Å². The number of benzene rings is 2. The molecule has 2 aromatic rings. The molecule has 128 valence electrons. The zero-order valence-corrected chi connectivity index (χ0v) is 15.1. The fourth-order valence-corrected chi connectivity index (χ4v) is 2.68. The molecule has 0 heterocycles. The summed E-state index contributed by atoms with van der Waals surface area (Å²) in [5.74, 6) is 0. The third kappa shape index (κ3) is 6.69. The van der Waals surface area contributed by atoms with Crippen LogP contribution in [0.15, 0.2) is 48.5 Å². The van der Waals surface area contributed by atoms with E-state index < -0.39 is 11.2 Å². The van der Waals surface area contributed by atoms with Crippen LogP contribution in [0.25, 0.3) is 12.2 Å². The predicted molar refractivity (Wildman–Crippen MR) is 102 cm³/mol. The fraction of sp³-hybridized carbons (Fsp3) is 0.364. The highest BCUT2D eigenvalue weighted by Crippen LogP contribution is 2.16. The first-order valence-electron chi connectivity index (χ1n) is 8.41. The Balaban J connectivity index is 2.00. The molecule has 0 aliphatic carbocycles. The second-order valence-corrected chi connectivity index (χ2v) is 7.79. The summed E-state index contributed by atoms with van der Waals surface area (Å²) < 4.78 is 0. The van der Waals surface area contributed by atoms with E-state index in [1.807, 2.05) is 27.7 Å². The number of hydrogen-bond acceptors (Lipinski definition) is 2. The molecular formula is C22H28O2. The van der Waals surface area contributed by atoms with Crippen molar-refractivity contribution in [2.45, 2.75) is 51.7 Å². The largest absolute Gasteiger partial charge is 0.390 e. The van der Waals surface area contributed by atoms with E-state index in [0.717, 1.165) is 22.3 Å². The highest BCUT2D eigenvalue weighted by Gasteiger charge is 2.13. The van der Waals surface area contributed by atoms with Crippen molar-refractivity contribution in [2.75, 3.05) is 0 Å². The average Bonchev–Trinajstić information content (AvgIpc) is 2.45. The monoisotopic (exact) mass is 324 g/mol. The molecule has 2 nitrogen and oxygen atoms in total. The van der Waals surface area contributed by atoms with Crippen LogP contribution >= 0.6 is 0 Å². The second-order valence-electron chi connectivity index (χ2n) is 7.79. The quantitative estimate of drug-likeness (QED) is 0.769. The Morgan fingerprint density at radius 3 is 1.17 bits per heavy atom. The van der Waals surface area contributed by atoms with E-state index in [4.69, 9.17) is 0 Å². The van der Waals surface area contributed by atoms with Crippen molar-refractivity contribution in [1.82, 2.24) is 0 Å². The van der Waals surface area contributed by atoms with E-state index in [1.54, 1.807) is 0 Å². The van der Waals surface area contributed by atoms with Crippen LogP contribution in [0.4, 0.5) is 0 Å². The summed E-state index contributed by atoms with van der Waals surface area (Å²) in [6.45, 7) is 7.29. The first kappa shape index (κ1) is 18.4. The van der Waals surface area contributed by atoms with Gasteiger partial charge < -0.3 is 10.2 Å². The van der Waals surface area contributed by atoms with Crippen molar-refractivity contribution in [1.29, 1.82) is 0 Å². The van der Waals surface area contributed by atoms with E-state index in [-0.39, 0.29) is 0 Å². The smallest absolute Gasteiger partial charge is 0.0631 e. The van der Waals surface area contributed by atoms with Gasteiger partial charge in [-0.25, -0.2) is 0 Å². The van der Waals surface area contributed by atoms with E-state index >= 15 is 0 Å². The van der Waals surface area contributed by atoms with Crippen LogP contribution in [0.2, 0.25) is 0 Å². The molecule has 0 amide bonds. The van der Waals surface area contributed by atoms with Gasteiger partial charge in [0.2, 0.25) is 0 Å². The van der Waals surface area contributed by atoms with Crippen molar-refractivity contribution >= 4 is 12.2 Å². The normalized spacial score (nSPS) is 12.8. The van der Waals surface area contributed by atoms with Gasteiger partial charge in [-0.2, -0.15) is 0 Å².